The fourth-order valence-corrected chi connectivity index (χ4v) is 2.74. The smallest absolute Gasteiger partial charge is 0.242 e. The van der Waals surface area contributed by atoms with Crippen LogP contribution in [0.5, 0.6) is 0 Å². The van der Waals surface area contributed by atoms with Gasteiger partial charge < -0.3 is 10.6 Å². The lowest BCUT2D eigenvalue weighted by molar-refractivity contribution is 0.521. The maximum absolute atomic E-state index is 12.1. The van der Waals surface area contributed by atoms with Gasteiger partial charge in [-0.3, -0.25) is 10.9 Å². The summed E-state index contributed by atoms with van der Waals surface area (Å²) in [5.41, 5.74) is 5.96. The molecular weight excluding hydrogens is 342 g/mol. The molecule has 22 heavy (non-hydrogen) atoms. The molecule has 1 aromatic carbocycles. The summed E-state index contributed by atoms with van der Waals surface area (Å²) in [7, 11) is -0.526. The van der Waals surface area contributed by atoms with Gasteiger partial charge in [0.2, 0.25) is 10.0 Å². The molecule has 7 nitrogen and oxygen atoms in total. The maximum atomic E-state index is 12.1. The molecule has 0 unspecified atom stereocenters. The van der Waals surface area contributed by atoms with Crippen LogP contribution in [0.4, 0.5) is 5.69 Å². The normalized spacial score (nSPS) is 10.9. The van der Waals surface area contributed by atoms with Gasteiger partial charge in [0.15, 0.2) is 10.2 Å². The zero-order chi connectivity index (χ0) is 16.8. The van der Waals surface area contributed by atoms with Crippen molar-refractivity contribution in [2.24, 2.45) is 0 Å². The molecule has 0 atom stereocenters. The standard InChI is InChI=1S/C12H19N5O2S3/c1-4-13-11(20)15-16-12(21)14-9-6-5-7-10(8-9)22(18,19)17(2)3/h5-8H,4H2,1-3H3,(H2,13,15,20)(H2,14,16,21). The number of hydrazine groups is 1. The minimum absolute atomic E-state index is 0.182. The SMILES string of the molecule is CCNC(=S)NNC(=S)Nc1cccc(S(=O)(=O)N(C)C)c1. The molecule has 0 bridgehead atoms. The Balaban J connectivity index is 2.71. The van der Waals surface area contributed by atoms with E-state index in [2.05, 4.69) is 21.5 Å². The fourth-order valence-electron chi connectivity index (χ4n) is 1.43. The summed E-state index contributed by atoms with van der Waals surface area (Å²) in [6.45, 7) is 2.61. The average molecular weight is 362 g/mol. The molecule has 4 N–H and O–H groups in total. The van der Waals surface area contributed by atoms with E-state index in [4.69, 9.17) is 24.4 Å². The first-order valence-corrected chi connectivity index (χ1v) is 8.66. The predicted octanol–water partition coefficient (Wildman–Crippen LogP) is 0.622. The number of hydrogen-bond donors (Lipinski definition) is 4. The molecule has 122 valence electrons. The van der Waals surface area contributed by atoms with Gasteiger partial charge in [0.25, 0.3) is 0 Å². The lowest BCUT2D eigenvalue weighted by Gasteiger charge is -2.15. The van der Waals surface area contributed by atoms with Gasteiger partial charge in [0.05, 0.1) is 4.90 Å². The van der Waals surface area contributed by atoms with E-state index in [1.54, 1.807) is 12.1 Å². The molecular formula is C12H19N5O2S3. The van der Waals surface area contributed by atoms with Crippen molar-refractivity contribution >= 4 is 50.4 Å². The Morgan fingerprint density at radius 1 is 1.18 bits per heavy atom. The number of anilines is 1. The highest BCUT2D eigenvalue weighted by molar-refractivity contribution is 7.89. The van der Waals surface area contributed by atoms with E-state index in [1.807, 2.05) is 6.92 Å². The van der Waals surface area contributed by atoms with E-state index < -0.39 is 10.0 Å². The van der Waals surface area contributed by atoms with Gasteiger partial charge in [-0.05, 0) is 49.6 Å². The zero-order valence-electron chi connectivity index (χ0n) is 12.5. The summed E-state index contributed by atoms with van der Waals surface area (Å²) < 4.78 is 25.3. The average Bonchev–Trinajstić information content (AvgIpc) is 2.45. The Labute approximate surface area is 141 Å². The van der Waals surface area contributed by atoms with Gasteiger partial charge in [-0.2, -0.15) is 0 Å². The molecule has 1 aromatic rings. The number of nitrogens with zero attached hydrogens (tertiary/aromatic N) is 1. The van der Waals surface area contributed by atoms with E-state index in [-0.39, 0.29) is 10.0 Å². The first-order valence-electron chi connectivity index (χ1n) is 6.40. The minimum Gasteiger partial charge on any atom is -0.362 e. The second-order valence-corrected chi connectivity index (χ2v) is 7.35. The van der Waals surface area contributed by atoms with Crippen LogP contribution in [-0.4, -0.2) is 43.6 Å². The Bertz CT molecular complexity index is 646. The van der Waals surface area contributed by atoms with E-state index in [1.165, 1.54) is 26.2 Å². The highest BCUT2D eigenvalue weighted by Gasteiger charge is 2.17. The largest absolute Gasteiger partial charge is 0.362 e. The van der Waals surface area contributed by atoms with Crippen molar-refractivity contribution in [2.45, 2.75) is 11.8 Å². The van der Waals surface area contributed by atoms with Crippen LogP contribution >= 0.6 is 24.4 Å². The van der Waals surface area contributed by atoms with Crippen LogP contribution in [0.2, 0.25) is 0 Å². The molecule has 0 heterocycles. The zero-order valence-corrected chi connectivity index (χ0v) is 15.0. The van der Waals surface area contributed by atoms with Gasteiger partial charge in [-0.25, -0.2) is 12.7 Å². The van der Waals surface area contributed by atoms with Crippen LogP contribution in [-0.2, 0) is 10.0 Å². The topological polar surface area (TPSA) is 85.5 Å². The third-order valence-electron chi connectivity index (χ3n) is 2.50. The van der Waals surface area contributed by atoms with Gasteiger partial charge >= 0.3 is 0 Å². The Kier molecular flexibility index (Phi) is 6.94. The molecule has 0 aliphatic rings. The number of rotatable bonds is 4. The highest BCUT2D eigenvalue weighted by Crippen LogP contribution is 2.17. The molecule has 0 amide bonds. The lowest BCUT2D eigenvalue weighted by Crippen LogP contribution is -2.48. The Hall–Kier alpha value is -1.49. The fraction of sp³-hybridized carbons (Fsp3) is 0.333. The quantitative estimate of drug-likeness (QED) is 0.459. The molecule has 1 rings (SSSR count). The molecule has 0 aromatic heterocycles. The van der Waals surface area contributed by atoms with Crippen molar-refractivity contribution in [2.75, 3.05) is 26.0 Å². The second kappa shape index (κ2) is 8.22. The molecule has 0 radical (unpaired) electrons. The Morgan fingerprint density at radius 3 is 2.41 bits per heavy atom. The molecule has 10 heteroatoms. The second-order valence-electron chi connectivity index (χ2n) is 4.38. The van der Waals surface area contributed by atoms with Gasteiger partial charge in [0.1, 0.15) is 0 Å². The minimum atomic E-state index is -3.49. The Morgan fingerprint density at radius 2 is 1.82 bits per heavy atom. The molecule has 0 aliphatic heterocycles. The van der Waals surface area contributed by atoms with Crippen LogP contribution in [0.3, 0.4) is 0 Å². The van der Waals surface area contributed by atoms with Crippen LogP contribution in [0.1, 0.15) is 6.92 Å². The van der Waals surface area contributed by atoms with Crippen LogP contribution in [0.15, 0.2) is 29.2 Å². The summed E-state index contributed by atoms with van der Waals surface area (Å²) >= 11 is 10.1. The van der Waals surface area contributed by atoms with E-state index in [0.29, 0.717) is 17.3 Å². The lowest BCUT2D eigenvalue weighted by atomic mass is 10.3. The predicted molar refractivity (Wildman–Crippen MR) is 96.1 cm³/mol. The molecule has 0 saturated heterocycles. The van der Waals surface area contributed by atoms with E-state index in [9.17, 15) is 8.42 Å². The van der Waals surface area contributed by atoms with Crippen LogP contribution < -0.4 is 21.5 Å². The molecule has 0 saturated carbocycles. The summed E-state index contributed by atoms with van der Waals surface area (Å²) in [5, 5.41) is 6.45. The summed E-state index contributed by atoms with van der Waals surface area (Å²) in [6, 6.07) is 6.38. The third kappa shape index (κ3) is 5.37. The van der Waals surface area contributed by atoms with Gasteiger partial charge in [-0.1, -0.05) is 6.07 Å². The summed E-state index contributed by atoms with van der Waals surface area (Å²) in [6.07, 6.45) is 0. The first kappa shape index (κ1) is 18.6. The monoisotopic (exact) mass is 361 g/mol. The van der Waals surface area contributed by atoms with Crippen molar-refractivity contribution in [3.05, 3.63) is 24.3 Å². The molecule has 0 spiro atoms. The maximum Gasteiger partial charge on any atom is 0.242 e. The number of benzene rings is 1. The van der Waals surface area contributed by atoms with Gasteiger partial charge in [0, 0.05) is 26.3 Å². The summed E-state index contributed by atoms with van der Waals surface area (Å²) in [5.74, 6) is 0. The van der Waals surface area contributed by atoms with Crippen molar-refractivity contribution in [1.82, 2.24) is 20.5 Å². The number of nitrogens with one attached hydrogen (secondary N) is 4. The van der Waals surface area contributed by atoms with Crippen LogP contribution in [0, 0.1) is 0 Å². The van der Waals surface area contributed by atoms with Crippen molar-refractivity contribution in [1.29, 1.82) is 0 Å². The van der Waals surface area contributed by atoms with Crippen molar-refractivity contribution < 1.29 is 8.42 Å². The third-order valence-corrected chi connectivity index (χ3v) is 4.76. The molecule has 0 fully saturated rings. The molecule has 0 aliphatic carbocycles. The van der Waals surface area contributed by atoms with E-state index in [0.717, 1.165) is 4.31 Å². The number of sulfonamides is 1. The van der Waals surface area contributed by atoms with Crippen molar-refractivity contribution in [3.8, 4) is 0 Å². The highest BCUT2D eigenvalue weighted by atomic mass is 32.2. The van der Waals surface area contributed by atoms with Crippen LogP contribution in [0.25, 0.3) is 0 Å². The first-order chi connectivity index (χ1) is 10.3. The van der Waals surface area contributed by atoms with Crippen molar-refractivity contribution in [3.63, 3.8) is 0 Å². The number of hydrogen-bond acceptors (Lipinski definition) is 4. The summed E-state index contributed by atoms with van der Waals surface area (Å²) in [4.78, 5) is 0.182. The van der Waals surface area contributed by atoms with Gasteiger partial charge in [-0.15, -0.1) is 0 Å². The number of thiocarbonyl (C=S) groups is 2. The van der Waals surface area contributed by atoms with E-state index >= 15 is 0 Å².